The molecular formula is C18H26N4O2. The van der Waals surface area contributed by atoms with Crippen molar-refractivity contribution >= 4 is 11.9 Å². The average Bonchev–Trinajstić information content (AvgIpc) is 2.50. The van der Waals surface area contributed by atoms with Gasteiger partial charge in [0.1, 0.15) is 17.5 Å². The van der Waals surface area contributed by atoms with Crippen LogP contribution in [-0.2, 0) is 4.74 Å². The zero-order valence-electron chi connectivity index (χ0n) is 15.0. The Morgan fingerprint density at radius 2 is 1.96 bits per heavy atom. The Kier molecular flexibility index (Phi) is 5.66. The van der Waals surface area contributed by atoms with Crippen molar-refractivity contribution < 1.29 is 9.53 Å². The maximum atomic E-state index is 12.2. The molecule has 6 nitrogen and oxygen atoms in total. The van der Waals surface area contributed by atoms with E-state index in [0.717, 1.165) is 24.3 Å². The third kappa shape index (κ3) is 4.60. The number of hydrogen-bond acceptors (Lipinski definition) is 5. The molecule has 0 saturated carbocycles. The van der Waals surface area contributed by atoms with Gasteiger partial charge in [-0.1, -0.05) is 11.6 Å². The molecule has 6 heteroatoms. The number of hydrogen-bond donors (Lipinski definition) is 0. The molecule has 24 heavy (non-hydrogen) atoms. The van der Waals surface area contributed by atoms with Gasteiger partial charge < -0.3 is 14.5 Å². The number of carbonyl (C=O) groups is 1. The first kappa shape index (κ1) is 18.1. The fraction of sp³-hybridized carbons (Fsp3) is 0.611. The highest BCUT2D eigenvalue weighted by molar-refractivity contribution is 6.03. The van der Waals surface area contributed by atoms with Crippen LogP contribution in [0.5, 0.6) is 0 Å². The quantitative estimate of drug-likeness (QED) is 0.684. The van der Waals surface area contributed by atoms with Crippen molar-refractivity contribution in [1.82, 2.24) is 9.80 Å². The average molecular weight is 330 g/mol. The molecule has 2 rings (SSSR count). The van der Waals surface area contributed by atoms with E-state index in [0.29, 0.717) is 31.8 Å². The van der Waals surface area contributed by atoms with Crippen molar-refractivity contribution in [3.05, 3.63) is 23.4 Å². The van der Waals surface area contributed by atoms with Crippen LogP contribution in [0.15, 0.2) is 28.4 Å². The van der Waals surface area contributed by atoms with Crippen molar-refractivity contribution in [2.24, 2.45) is 4.99 Å². The maximum Gasteiger partial charge on any atom is 0.410 e. The third-order valence-corrected chi connectivity index (χ3v) is 3.98. The summed E-state index contributed by atoms with van der Waals surface area (Å²) in [6, 6.07) is 2.30. The van der Waals surface area contributed by atoms with Gasteiger partial charge in [0.2, 0.25) is 0 Å². The SMILES string of the molecule is CC1=C(C#N)C(N2CCN(C(=O)OC(C)(C)C)CC2)=NC=CCC1. The minimum atomic E-state index is -0.490. The van der Waals surface area contributed by atoms with Crippen molar-refractivity contribution in [3.63, 3.8) is 0 Å². The number of amides is 1. The van der Waals surface area contributed by atoms with E-state index < -0.39 is 5.60 Å². The Labute approximate surface area is 144 Å². The second kappa shape index (κ2) is 7.52. The monoisotopic (exact) mass is 330 g/mol. The lowest BCUT2D eigenvalue weighted by molar-refractivity contribution is 0.0187. The summed E-state index contributed by atoms with van der Waals surface area (Å²) in [7, 11) is 0. The Hall–Kier alpha value is -2.29. The second-order valence-corrected chi connectivity index (χ2v) is 7.10. The molecule has 0 radical (unpaired) electrons. The molecule has 0 unspecified atom stereocenters. The van der Waals surface area contributed by atoms with E-state index in [1.165, 1.54) is 0 Å². The summed E-state index contributed by atoms with van der Waals surface area (Å²) in [5, 5.41) is 9.52. The lowest BCUT2D eigenvalue weighted by atomic mass is 10.0. The highest BCUT2D eigenvalue weighted by atomic mass is 16.6. The number of amidine groups is 1. The topological polar surface area (TPSA) is 68.9 Å². The van der Waals surface area contributed by atoms with Crippen molar-refractivity contribution in [2.75, 3.05) is 26.2 Å². The normalized spacial score (nSPS) is 19.4. The molecule has 0 aromatic rings. The van der Waals surface area contributed by atoms with Gasteiger partial charge in [-0.15, -0.1) is 0 Å². The number of aliphatic imine (C=N–C) groups is 1. The minimum Gasteiger partial charge on any atom is -0.444 e. The summed E-state index contributed by atoms with van der Waals surface area (Å²) >= 11 is 0. The highest BCUT2D eigenvalue weighted by Crippen LogP contribution is 2.19. The molecule has 0 atom stereocenters. The van der Waals surface area contributed by atoms with Crippen LogP contribution in [0, 0.1) is 11.3 Å². The minimum absolute atomic E-state index is 0.283. The van der Waals surface area contributed by atoms with Crippen LogP contribution in [0.4, 0.5) is 4.79 Å². The van der Waals surface area contributed by atoms with Gasteiger partial charge >= 0.3 is 6.09 Å². The third-order valence-electron chi connectivity index (χ3n) is 3.98. The predicted octanol–water partition coefficient (Wildman–Crippen LogP) is 3.09. The maximum absolute atomic E-state index is 12.2. The lowest BCUT2D eigenvalue weighted by Crippen LogP contribution is -2.52. The number of rotatable bonds is 0. The summed E-state index contributed by atoms with van der Waals surface area (Å²) < 4.78 is 5.42. The van der Waals surface area contributed by atoms with Gasteiger partial charge in [-0.05, 0) is 40.5 Å². The van der Waals surface area contributed by atoms with Crippen molar-refractivity contribution in [2.45, 2.75) is 46.1 Å². The van der Waals surface area contributed by atoms with E-state index in [1.807, 2.05) is 33.8 Å². The number of allylic oxidation sites excluding steroid dienone is 2. The van der Waals surface area contributed by atoms with Gasteiger partial charge in [0.15, 0.2) is 0 Å². The number of ether oxygens (including phenoxy) is 1. The summed E-state index contributed by atoms with van der Waals surface area (Å²) in [4.78, 5) is 20.4. The molecule has 0 bridgehead atoms. The Morgan fingerprint density at radius 1 is 1.29 bits per heavy atom. The first-order valence-electron chi connectivity index (χ1n) is 8.38. The van der Waals surface area contributed by atoms with Crippen molar-refractivity contribution in [1.29, 1.82) is 5.26 Å². The first-order chi connectivity index (χ1) is 11.3. The van der Waals surface area contributed by atoms with Gasteiger partial charge in [-0.2, -0.15) is 5.26 Å². The van der Waals surface area contributed by atoms with Gasteiger partial charge in [0.25, 0.3) is 0 Å². The van der Waals surface area contributed by atoms with Crippen LogP contribution < -0.4 is 0 Å². The number of nitrogens with zero attached hydrogens (tertiary/aromatic N) is 4. The summed E-state index contributed by atoms with van der Waals surface area (Å²) in [6.07, 6.45) is 5.29. The number of carbonyl (C=O) groups excluding carboxylic acids is 1. The molecule has 2 heterocycles. The molecule has 0 aromatic heterocycles. The van der Waals surface area contributed by atoms with Crippen LogP contribution >= 0.6 is 0 Å². The summed E-state index contributed by atoms with van der Waals surface area (Å²) in [5.74, 6) is 0.717. The zero-order chi connectivity index (χ0) is 17.7. The predicted molar refractivity (Wildman–Crippen MR) is 93.5 cm³/mol. The largest absolute Gasteiger partial charge is 0.444 e. The fourth-order valence-electron chi connectivity index (χ4n) is 2.69. The second-order valence-electron chi connectivity index (χ2n) is 7.10. The van der Waals surface area contributed by atoms with Crippen LogP contribution in [0.2, 0.25) is 0 Å². The first-order valence-corrected chi connectivity index (χ1v) is 8.38. The molecule has 0 aliphatic carbocycles. The van der Waals surface area contributed by atoms with Crippen LogP contribution in [0.1, 0.15) is 40.5 Å². The number of piperazine rings is 1. The van der Waals surface area contributed by atoms with E-state index >= 15 is 0 Å². The van der Waals surface area contributed by atoms with E-state index in [4.69, 9.17) is 4.74 Å². The molecule has 0 spiro atoms. The van der Waals surface area contributed by atoms with E-state index in [9.17, 15) is 10.1 Å². The van der Waals surface area contributed by atoms with Crippen molar-refractivity contribution in [3.8, 4) is 6.07 Å². The standard InChI is InChI=1S/C18H26N4O2/c1-14-7-5-6-8-20-16(15(14)13-19)21-9-11-22(12-10-21)17(23)24-18(2,3)4/h6,8H,5,7,9-12H2,1-4H3. The Balaban J connectivity index is 2.07. The van der Waals surface area contributed by atoms with E-state index in [-0.39, 0.29) is 6.09 Å². The van der Waals surface area contributed by atoms with Crippen LogP contribution in [0.3, 0.4) is 0 Å². The van der Waals surface area contributed by atoms with Crippen LogP contribution in [-0.4, -0.2) is 53.5 Å². The van der Waals surface area contributed by atoms with Gasteiger partial charge in [-0.3, -0.25) is 0 Å². The van der Waals surface area contributed by atoms with E-state index in [1.54, 1.807) is 11.1 Å². The van der Waals surface area contributed by atoms with Gasteiger partial charge in [-0.25, -0.2) is 9.79 Å². The summed E-state index contributed by atoms with van der Waals surface area (Å²) in [5.41, 5.74) is 1.23. The molecule has 130 valence electrons. The van der Waals surface area contributed by atoms with Gasteiger partial charge in [0, 0.05) is 32.4 Å². The Morgan fingerprint density at radius 3 is 2.54 bits per heavy atom. The Bertz CT molecular complexity index is 612. The molecular weight excluding hydrogens is 304 g/mol. The zero-order valence-corrected chi connectivity index (χ0v) is 15.0. The fourth-order valence-corrected chi connectivity index (χ4v) is 2.69. The van der Waals surface area contributed by atoms with E-state index in [2.05, 4.69) is 16.0 Å². The molecule has 0 N–H and O–H groups in total. The van der Waals surface area contributed by atoms with Crippen LogP contribution in [0.25, 0.3) is 0 Å². The molecule has 0 aromatic carbocycles. The van der Waals surface area contributed by atoms with Gasteiger partial charge in [0.05, 0.1) is 5.57 Å². The molecule has 1 amide bonds. The summed E-state index contributed by atoms with van der Waals surface area (Å²) in [6.45, 7) is 10.0. The number of nitriles is 1. The highest BCUT2D eigenvalue weighted by Gasteiger charge is 2.28. The lowest BCUT2D eigenvalue weighted by Gasteiger charge is -2.37. The molecule has 1 fully saturated rings. The molecule has 1 saturated heterocycles. The molecule has 2 aliphatic heterocycles. The molecule has 2 aliphatic rings. The smallest absolute Gasteiger partial charge is 0.410 e.